The summed E-state index contributed by atoms with van der Waals surface area (Å²) in [5, 5.41) is 14.1. The van der Waals surface area contributed by atoms with Gasteiger partial charge in [0.05, 0.1) is 6.20 Å². The fourth-order valence-corrected chi connectivity index (χ4v) is 1.44. The lowest BCUT2D eigenvalue weighted by atomic mass is 10.1. The van der Waals surface area contributed by atoms with Crippen molar-refractivity contribution in [1.29, 1.82) is 0 Å². The van der Waals surface area contributed by atoms with Crippen LogP contribution in [0.4, 0.5) is 5.82 Å². The highest BCUT2D eigenvalue weighted by Gasteiger charge is 2.17. The van der Waals surface area contributed by atoms with Crippen LogP contribution in [-0.2, 0) is 11.8 Å². The molecule has 0 radical (unpaired) electrons. The number of nitrogens with zero attached hydrogens (tertiary/aromatic N) is 4. The van der Waals surface area contributed by atoms with E-state index >= 15 is 0 Å². The molecule has 0 saturated carbocycles. The number of hydrogen-bond donors (Lipinski definition) is 2. The van der Waals surface area contributed by atoms with E-state index in [0.29, 0.717) is 11.4 Å². The second kappa shape index (κ2) is 5.11. The first kappa shape index (κ1) is 12.5. The van der Waals surface area contributed by atoms with Crippen LogP contribution in [0.15, 0.2) is 24.5 Å². The average molecular weight is 267 g/mol. The summed E-state index contributed by atoms with van der Waals surface area (Å²) in [7, 11) is 1.75. The molecule has 0 aliphatic carbocycles. The first-order valence-electron chi connectivity index (χ1n) is 5.10. The minimum Gasteiger partial charge on any atom is -0.316 e. The molecule has 0 aliphatic rings. The van der Waals surface area contributed by atoms with Crippen LogP contribution in [0.25, 0.3) is 0 Å². The molecule has 0 aliphatic heterocycles. The van der Waals surface area contributed by atoms with Gasteiger partial charge in [0, 0.05) is 18.8 Å². The third-order valence-corrected chi connectivity index (χ3v) is 2.45. The van der Waals surface area contributed by atoms with Crippen LogP contribution >= 0.6 is 11.6 Å². The van der Waals surface area contributed by atoms with Gasteiger partial charge in [0.15, 0.2) is 11.0 Å². The Hall–Kier alpha value is -1.99. The van der Waals surface area contributed by atoms with Crippen molar-refractivity contribution < 1.29 is 4.79 Å². The fraction of sp³-hybridized carbons (Fsp3) is 0.200. The molecule has 0 spiro atoms. The normalized spacial score (nSPS) is 12.2. The van der Waals surface area contributed by atoms with E-state index in [0.717, 1.165) is 0 Å². The van der Waals surface area contributed by atoms with Gasteiger partial charge in [-0.25, -0.2) is 0 Å². The zero-order chi connectivity index (χ0) is 13.1. The number of halogens is 1. The monoisotopic (exact) mass is 266 g/mol. The molecule has 2 heterocycles. The fourth-order valence-electron chi connectivity index (χ4n) is 1.34. The van der Waals surface area contributed by atoms with Crippen molar-refractivity contribution >= 4 is 23.3 Å². The van der Waals surface area contributed by atoms with Gasteiger partial charge in [0.2, 0.25) is 5.91 Å². The standard InChI is InChI=1S/C10H11ClN6O/c1-17-5-6(4-13-17)9(12)10(18)14-8-3-2-7(11)15-16-8/h2-5,9H,12H2,1H3,(H,14,16,18). The predicted octanol–water partition coefficient (Wildman–Crippen LogP) is 0.502. The number of hydrogen-bond acceptors (Lipinski definition) is 5. The summed E-state index contributed by atoms with van der Waals surface area (Å²) in [6.07, 6.45) is 3.22. The maximum Gasteiger partial charge on any atom is 0.247 e. The molecule has 18 heavy (non-hydrogen) atoms. The molecule has 3 N–H and O–H groups in total. The molecule has 0 saturated heterocycles. The molecular formula is C10H11ClN6O. The lowest BCUT2D eigenvalue weighted by Gasteiger charge is -2.09. The van der Waals surface area contributed by atoms with E-state index in [1.807, 2.05) is 0 Å². The molecule has 2 aromatic rings. The molecule has 8 heteroatoms. The number of anilines is 1. The molecule has 2 rings (SSSR count). The molecule has 1 unspecified atom stereocenters. The lowest BCUT2D eigenvalue weighted by Crippen LogP contribution is -2.27. The van der Waals surface area contributed by atoms with Gasteiger partial charge in [0.25, 0.3) is 0 Å². The van der Waals surface area contributed by atoms with E-state index in [9.17, 15) is 4.79 Å². The number of aromatic nitrogens is 4. The van der Waals surface area contributed by atoms with Crippen LogP contribution in [0.1, 0.15) is 11.6 Å². The van der Waals surface area contributed by atoms with Crippen LogP contribution in [0.2, 0.25) is 5.15 Å². The lowest BCUT2D eigenvalue weighted by molar-refractivity contribution is -0.117. The Morgan fingerprint density at radius 1 is 1.50 bits per heavy atom. The summed E-state index contributed by atoms with van der Waals surface area (Å²) in [6.45, 7) is 0. The Kier molecular flexibility index (Phi) is 3.54. The van der Waals surface area contributed by atoms with Gasteiger partial charge >= 0.3 is 0 Å². The third kappa shape index (κ3) is 2.82. The van der Waals surface area contributed by atoms with Gasteiger partial charge in [-0.15, -0.1) is 10.2 Å². The second-order valence-electron chi connectivity index (χ2n) is 3.66. The van der Waals surface area contributed by atoms with E-state index in [4.69, 9.17) is 17.3 Å². The first-order chi connectivity index (χ1) is 8.56. The van der Waals surface area contributed by atoms with Crippen molar-refractivity contribution in [2.24, 2.45) is 12.8 Å². The van der Waals surface area contributed by atoms with Crippen molar-refractivity contribution in [3.05, 3.63) is 35.2 Å². The Morgan fingerprint density at radius 3 is 2.83 bits per heavy atom. The second-order valence-corrected chi connectivity index (χ2v) is 4.04. The van der Waals surface area contributed by atoms with Crippen LogP contribution in [0.3, 0.4) is 0 Å². The summed E-state index contributed by atoms with van der Waals surface area (Å²) >= 11 is 5.59. The number of aryl methyl sites for hydroxylation is 1. The topological polar surface area (TPSA) is 98.7 Å². The number of rotatable bonds is 3. The smallest absolute Gasteiger partial charge is 0.247 e. The minimum atomic E-state index is -0.809. The van der Waals surface area contributed by atoms with Gasteiger partial charge in [-0.05, 0) is 12.1 Å². The van der Waals surface area contributed by atoms with Gasteiger partial charge in [-0.1, -0.05) is 11.6 Å². The Bertz CT molecular complexity index is 552. The summed E-state index contributed by atoms with van der Waals surface area (Å²) in [5.41, 5.74) is 6.41. The molecule has 1 amide bonds. The highest BCUT2D eigenvalue weighted by Crippen LogP contribution is 2.12. The number of carbonyl (C=O) groups excluding carboxylic acids is 1. The number of carbonyl (C=O) groups is 1. The van der Waals surface area contributed by atoms with Crippen molar-refractivity contribution in [1.82, 2.24) is 20.0 Å². The maximum atomic E-state index is 11.8. The van der Waals surface area contributed by atoms with Gasteiger partial charge in [-0.2, -0.15) is 5.10 Å². The van der Waals surface area contributed by atoms with Crippen molar-refractivity contribution in [2.75, 3.05) is 5.32 Å². The quantitative estimate of drug-likeness (QED) is 0.843. The zero-order valence-electron chi connectivity index (χ0n) is 9.54. The van der Waals surface area contributed by atoms with Gasteiger partial charge < -0.3 is 11.1 Å². The molecule has 2 aromatic heterocycles. The molecule has 94 valence electrons. The summed E-state index contributed by atoms with van der Waals surface area (Å²) in [4.78, 5) is 11.8. The van der Waals surface area contributed by atoms with E-state index in [-0.39, 0.29) is 11.1 Å². The highest BCUT2D eigenvalue weighted by molar-refractivity contribution is 6.29. The average Bonchev–Trinajstić information content (AvgIpc) is 2.78. The number of amides is 1. The zero-order valence-corrected chi connectivity index (χ0v) is 10.3. The van der Waals surface area contributed by atoms with E-state index < -0.39 is 6.04 Å². The Balaban J connectivity index is 2.05. The SMILES string of the molecule is Cn1cc(C(N)C(=O)Nc2ccc(Cl)nn2)cn1. The van der Waals surface area contributed by atoms with Crippen molar-refractivity contribution in [3.8, 4) is 0 Å². The molecule has 0 bridgehead atoms. The van der Waals surface area contributed by atoms with Crippen molar-refractivity contribution in [2.45, 2.75) is 6.04 Å². The van der Waals surface area contributed by atoms with Crippen LogP contribution in [0.5, 0.6) is 0 Å². The number of nitrogens with two attached hydrogens (primary N) is 1. The van der Waals surface area contributed by atoms with Gasteiger partial charge in [-0.3, -0.25) is 9.48 Å². The van der Waals surface area contributed by atoms with Crippen LogP contribution in [-0.4, -0.2) is 25.9 Å². The minimum absolute atomic E-state index is 0.254. The largest absolute Gasteiger partial charge is 0.316 e. The third-order valence-electron chi connectivity index (χ3n) is 2.25. The molecule has 0 fully saturated rings. The van der Waals surface area contributed by atoms with E-state index in [1.54, 1.807) is 24.0 Å². The summed E-state index contributed by atoms with van der Waals surface area (Å²) in [6, 6.07) is 2.26. The predicted molar refractivity (Wildman–Crippen MR) is 65.8 cm³/mol. The van der Waals surface area contributed by atoms with Crippen LogP contribution < -0.4 is 11.1 Å². The van der Waals surface area contributed by atoms with E-state index in [2.05, 4.69) is 20.6 Å². The number of nitrogens with one attached hydrogen (secondary N) is 1. The highest BCUT2D eigenvalue weighted by atomic mass is 35.5. The molecular weight excluding hydrogens is 256 g/mol. The Labute approximate surface area is 108 Å². The molecule has 1 atom stereocenters. The molecule has 7 nitrogen and oxygen atoms in total. The van der Waals surface area contributed by atoms with E-state index in [1.165, 1.54) is 12.3 Å². The van der Waals surface area contributed by atoms with Gasteiger partial charge in [0.1, 0.15) is 6.04 Å². The maximum absolute atomic E-state index is 11.8. The first-order valence-corrected chi connectivity index (χ1v) is 5.48. The van der Waals surface area contributed by atoms with Crippen molar-refractivity contribution in [3.63, 3.8) is 0 Å². The molecule has 0 aromatic carbocycles. The summed E-state index contributed by atoms with van der Waals surface area (Å²) < 4.78 is 1.57. The summed E-state index contributed by atoms with van der Waals surface area (Å²) in [5.74, 6) is -0.0941. The Morgan fingerprint density at radius 2 is 2.28 bits per heavy atom. The van der Waals surface area contributed by atoms with Crippen LogP contribution in [0, 0.1) is 0 Å².